The SMILES string of the molecule is O=C(O)CCC(Cc1ccccc1)NC(=O)N1CCC[C@H]1Cn1ccnn1. The lowest BCUT2D eigenvalue weighted by Crippen LogP contribution is -2.48. The van der Waals surface area contributed by atoms with E-state index in [1.165, 1.54) is 0 Å². The molecule has 1 aliphatic rings. The van der Waals surface area contributed by atoms with Crippen molar-refractivity contribution in [2.24, 2.45) is 0 Å². The Bertz CT molecular complexity index is 735. The summed E-state index contributed by atoms with van der Waals surface area (Å²) >= 11 is 0. The molecule has 8 heteroatoms. The highest BCUT2D eigenvalue weighted by molar-refractivity contribution is 5.75. The summed E-state index contributed by atoms with van der Waals surface area (Å²) in [6, 6.07) is 9.52. The van der Waals surface area contributed by atoms with Crippen molar-refractivity contribution in [1.29, 1.82) is 0 Å². The van der Waals surface area contributed by atoms with Gasteiger partial charge in [0.15, 0.2) is 0 Å². The van der Waals surface area contributed by atoms with E-state index in [1.54, 1.807) is 17.1 Å². The van der Waals surface area contributed by atoms with Gasteiger partial charge in [-0.3, -0.25) is 9.48 Å². The van der Waals surface area contributed by atoms with Gasteiger partial charge in [0.25, 0.3) is 0 Å². The summed E-state index contributed by atoms with van der Waals surface area (Å²) in [5.41, 5.74) is 1.08. The summed E-state index contributed by atoms with van der Waals surface area (Å²) in [6.45, 7) is 1.31. The zero-order valence-corrected chi connectivity index (χ0v) is 15.2. The van der Waals surface area contributed by atoms with Gasteiger partial charge in [-0.1, -0.05) is 35.5 Å². The van der Waals surface area contributed by atoms with Gasteiger partial charge in [0.05, 0.1) is 18.8 Å². The number of aliphatic carboxylic acids is 1. The van der Waals surface area contributed by atoms with Gasteiger partial charge in [-0.2, -0.15) is 0 Å². The summed E-state index contributed by atoms with van der Waals surface area (Å²) in [5, 5.41) is 19.9. The third-order valence-corrected chi connectivity index (χ3v) is 4.87. The first-order valence-electron chi connectivity index (χ1n) is 9.29. The third kappa shape index (κ3) is 5.54. The lowest BCUT2D eigenvalue weighted by Gasteiger charge is -2.28. The van der Waals surface area contributed by atoms with Crippen LogP contribution in [0.15, 0.2) is 42.7 Å². The summed E-state index contributed by atoms with van der Waals surface area (Å²) < 4.78 is 1.74. The number of likely N-dealkylation sites (tertiary alicyclic amines) is 1. The number of benzene rings is 1. The summed E-state index contributed by atoms with van der Waals surface area (Å²) in [4.78, 5) is 25.7. The zero-order valence-electron chi connectivity index (χ0n) is 15.2. The second-order valence-corrected chi connectivity index (χ2v) is 6.88. The standard InChI is InChI=1S/C19H25N5O3/c25-18(26)9-8-16(13-15-5-2-1-3-6-15)21-19(27)24-11-4-7-17(24)14-23-12-10-20-22-23/h1-3,5-6,10,12,16-17H,4,7-9,11,13-14H2,(H,21,27)(H,25,26)/t16?,17-/m0/s1. The molecule has 8 nitrogen and oxygen atoms in total. The smallest absolute Gasteiger partial charge is 0.317 e. The van der Waals surface area contributed by atoms with Crippen LogP contribution in [-0.4, -0.2) is 55.6 Å². The van der Waals surface area contributed by atoms with Gasteiger partial charge in [-0.05, 0) is 31.2 Å². The number of nitrogens with zero attached hydrogens (tertiary/aromatic N) is 4. The molecule has 1 aliphatic heterocycles. The Morgan fingerprint density at radius 3 is 2.81 bits per heavy atom. The first kappa shape index (κ1) is 18.9. The fourth-order valence-corrected chi connectivity index (χ4v) is 3.52. The van der Waals surface area contributed by atoms with Crippen LogP contribution in [-0.2, 0) is 17.8 Å². The predicted molar refractivity (Wildman–Crippen MR) is 99.1 cm³/mol. The normalized spacial score (nSPS) is 17.6. The molecule has 1 saturated heterocycles. The van der Waals surface area contributed by atoms with Crippen molar-refractivity contribution < 1.29 is 14.7 Å². The van der Waals surface area contributed by atoms with Crippen molar-refractivity contribution in [2.75, 3.05) is 6.54 Å². The number of carbonyl (C=O) groups is 2. The van der Waals surface area contributed by atoms with Crippen molar-refractivity contribution in [2.45, 2.75) is 50.7 Å². The van der Waals surface area contributed by atoms with E-state index in [0.717, 1.165) is 18.4 Å². The molecule has 1 fully saturated rings. The Kier molecular flexibility index (Phi) is 6.40. The molecule has 2 heterocycles. The second kappa shape index (κ2) is 9.16. The largest absolute Gasteiger partial charge is 0.481 e. The highest BCUT2D eigenvalue weighted by Crippen LogP contribution is 2.19. The second-order valence-electron chi connectivity index (χ2n) is 6.88. The van der Waals surface area contributed by atoms with Gasteiger partial charge in [0.2, 0.25) is 0 Å². The topological polar surface area (TPSA) is 100 Å². The number of hydrogen-bond acceptors (Lipinski definition) is 4. The lowest BCUT2D eigenvalue weighted by molar-refractivity contribution is -0.137. The number of aromatic nitrogens is 3. The zero-order chi connectivity index (χ0) is 19.1. The molecule has 0 radical (unpaired) electrons. The van der Waals surface area contributed by atoms with Crippen molar-refractivity contribution >= 4 is 12.0 Å². The van der Waals surface area contributed by atoms with Crippen LogP contribution in [0.1, 0.15) is 31.2 Å². The van der Waals surface area contributed by atoms with Crippen LogP contribution in [0, 0.1) is 0 Å². The van der Waals surface area contributed by atoms with Crippen molar-refractivity contribution in [3.8, 4) is 0 Å². The van der Waals surface area contributed by atoms with Crippen LogP contribution in [0.4, 0.5) is 4.79 Å². The Labute approximate surface area is 158 Å². The van der Waals surface area contributed by atoms with E-state index in [1.807, 2.05) is 35.2 Å². The van der Waals surface area contributed by atoms with Crippen LogP contribution in [0.5, 0.6) is 0 Å². The molecule has 3 rings (SSSR count). The molecule has 0 spiro atoms. The van der Waals surface area contributed by atoms with E-state index in [2.05, 4.69) is 15.6 Å². The van der Waals surface area contributed by atoms with E-state index in [0.29, 0.717) is 25.9 Å². The Morgan fingerprint density at radius 1 is 1.30 bits per heavy atom. The first-order valence-corrected chi connectivity index (χ1v) is 9.29. The fourth-order valence-electron chi connectivity index (χ4n) is 3.52. The van der Waals surface area contributed by atoms with Crippen molar-refractivity contribution in [1.82, 2.24) is 25.2 Å². The number of carboxylic acids is 1. The highest BCUT2D eigenvalue weighted by atomic mass is 16.4. The molecule has 1 aromatic heterocycles. The monoisotopic (exact) mass is 371 g/mol. The minimum absolute atomic E-state index is 0.0279. The van der Waals surface area contributed by atoms with Crippen LogP contribution in [0.25, 0.3) is 0 Å². The van der Waals surface area contributed by atoms with Gasteiger partial charge < -0.3 is 15.3 Å². The van der Waals surface area contributed by atoms with E-state index < -0.39 is 5.97 Å². The predicted octanol–water partition coefficient (Wildman–Crippen LogP) is 1.93. The maximum atomic E-state index is 12.9. The average molecular weight is 371 g/mol. The minimum atomic E-state index is -0.854. The van der Waals surface area contributed by atoms with Gasteiger partial charge in [0, 0.05) is 25.2 Å². The fraction of sp³-hybridized carbons (Fsp3) is 0.474. The molecule has 0 aliphatic carbocycles. The van der Waals surface area contributed by atoms with Crippen molar-refractivity contribution in [3.05, 3.63) is 48.3 Å². The molecule has 1 aromatic carbocycles. The van der Waals surface area contributed by atoms with Crippen LogP contribution in [0.2, 0.25) is 0 Å². The third-order valence-electron chi connectivity index (χ3n) is 4.87. The summed E-state index contributed by atoms with van der Waals surface area (Å²) in [6.07, 6.45) is 6.33. The molecule has 144 valence electrons. The maximum absolute atomic E-state index is 12.9. The Hall–Kier alpha value is -2.90. The van der Waals surface area contributed by atoms with Gasteiger partial charge in [0.1, 0.15) is 0 Å². The summed E-state index contributed by atoms with van der Waals surface area (Å²) in [7, 11) is 0. The molecular weight excluding hydrogens is 346 g/mol. The van der Waals surface area contributed by atoms with Crippen LogP contribution in [0.3, 0.4) is 0 Å². The maximum Gasteiger partial charge on any atom is 0.317 e. The lowest BCUT2D eigenvalue weighted by atomic mass is 10.0. The Balaban J connectivity index is 1.62. The highest BCUT2D eigenvalue weighted by Gasteiger charge is 2.30. The van der Waals surface area contributed by atoms with E-state index in [4.69, 9.17) is 5.11 Å². The first-order chi connectivity index (χ1) is 13.1. The van der Waals surface area contributed by atoms with Gasteiger partial charge in [-0.25, -0.2) is 4.79 Å². The number of carbonyl (C=O) groups excluding carboxylic acids is 1. The van der Waals surface area contributed by atoms with E-state index >= 15 is 0 Å². The molecule has 2 aromatic rings. The molecule has 2 N–H and O–H groups in total. The van der Waals surface area contributed by atoms with Gasteiger partial charge >= 0.3 is 12.0 Å². The van der Waals surface area contributed by atoms with Crippen molar-refractivity contribution in [3.63, 3.8) is 0 Å². The molecule has 1 unspecified atom stereocenters. The molecule has 2 amide bonds. The number of nitrogens with one attached hydrogen (secondary N) is 1. The quantitative estimate of drug-likeness (QED) is 0.738. The van der Waals surface area contributed by atoms with E-state index in [9.17, 15) is 9.59 Å². The number of hydrogen-bond donors (Lipinski definition) is 2. The summed E-state index contributed by atoms with van der Waals surface area (Å²) in [5.74, 6) is -0.854. The number of urea groups is 1. The molecule has 27 heavy (non-hydrogen) atoms. The number of carboxylic acid groups (broad SMARTS) is 1. The number of rotatable bonds is 8. The molecule has 0 bridgehead atoms. The van der Waals surface area contributed by atoms with Crippen LogP contribution < -0.4 is 5.32 Å². The average Bonchev–Trinajstić information content (AvgIpc) is 3.33. The molecular formula is C19H25N5O3. The number of amides is 2. The Morgan fingerprint density at radius 2 is 2.11 bits per heavy atom. The van der Waals surface area contributed by atoms with Gasteiger partial charge in [-0.15, -0.1) is 5.10 Å². The minimum Gasteiger partial charge on any atom is -0.481 e. The molecule has 0 saturated carbocycles. The van der Waals surface area contributed by atoms with E-state index in [-0.39, 0.29) is 24.5 Å². The van der Waals surface area contributed by atoms with Crippen LogP contribution >= 0.6 is 0 Å². The molecule has 2 atom stereocenters.